The van der Waals surface area contributed by atoms with Crippen molar-refractivity contribution in [1.82, 2.24) is 25.2 Å². The first-order chi connectivity index (χ1) is 11.6. The van der Waals surface area contributed by atoms with E-state index >= 15 is 0 Å². The number of likely N-dealkylation sites (tertiary alicyclic amines) is 1. The van der Waals surface area contributed by atoms with E-state index in [9.17, 15) is 9.18 Å². The summed E-state index contributed by atoms with van der Waals surface area (Å²) in [6.07, 6.45) is 5.44. The van der Waals surface area contributed by atoms with Gasteiger partial charge in [0, 0.05) is 45.2 Å². The van der Waals surface area contributed by atoms with Crippen LogP contribution < -0.4 is 5.32 Å². The topological polar surface area (TPSA) is 73.9 Å². The molecule has 1 saturated heterocycles. The summed E-state index contributed by atoms with van der Waals surface area (Å²) in [5, 5.41) is 3.15. The zero-order valence-electron chi connectivity index (χ0n) is 13.8. The number of pyridine rings is 1. The average molecular weight is 331 g/mol. The Balaban J connectivity index is 1.46. The molecule has 1 fully saturated rings. The van der Waals surface area contributed by atoms with E-state index in [1.807, 2.05) is 25.3 Å². The molecule has 2 aromatic rings. The van der Waals surface area contributed by atoms with Gasteiger partial charge < -0.3 is 15.2 Å². The van der Waals surface area contributed by atoms with E-state index in [-0.39, 0.29) is 12.5 Å². The van der Waals surface area contributed by atoms with E-state index in [4.69, 9.17) is 0 Å². The monoisotopic (exact) mass is 331 g/mol. The summed E-state index contributed by atoms with van der Waals surface area (Å²) in [6.45, 7) is 3.63. The van der Waals surface area contributed by atoms with Crippen molar-refractivity contribution in [2.24, 2.45) is 0 Å². The quantitative estimate of drug-likeness (QED) is 0.877. The Morgan fingerprint density at radius 3 is 2.79 bits per heavy atom. The van der Waals surface area contributed by atoms with Crippen LogP contribution >= 0.6 is 0 Å². The molecule has 0 unspecified atom stereocenters. The molecule has 0 radical (unpaired) electrons. The summed E-state index contributed by atoms with van der Waals surface area (Å²) in [7, 11) is 0. The number of carbonyl (C=O) groups excluding carboxylic acids is 1. The number of carbonyl (C=O) groups is 1. The van der Waals surface area contributed by atoms with Crippen molar-refractivity contribution in [3.63, 3.8) is 0 Å². The molecule has 0 atom stereocenters. The number of hydrogen-bond donors (Lipinski definition) is 2. The summed E-state index contributed by atoms with van der Waals surface area (Å²) in [5.74, 6) is -0.119. The Hall–Kier alpha value is -2.28. The van der Waals surface area contributed by atoms with E-state index in [2.05, 4.69) is 20.3 Å². The standard InChI is InChI=1S/C17H22FN5O/c1-13-2-3-14(21-8-13)9-19-11-17(18)4-6-23(7-5-17)16(24)15-10-20-12-22-15/h2-3,8,10,12,19H,4-7,9,11H2,1H3,(H,20,22). The third-order valence-corrected chi connectivity index (χ3v) is 4.40. The second-order valence-corrected chi connectivity index (χ2v) is 6.34. The van der Waals surface area contributed by atoms with E-state index in [0.717, 1.165) is 11.3 Å². The van der Waals surface area contributed by atoms with E-state index < -0.39 is 5.67 Å². The van der Waals surface area contributed by atoms with Crippen molar-refractivity contribution in [3.8, 4) is 0 Å². The van der Waals surface area contributed by atoms with Gasteiger partial charge in [-0.1, -0.05) is 6.07 Å². The predicted molar refractivity (Wildman–Crippen MR) is 88.2 cm³/mol. The van der Waals surface area contributed by atoms with Gasteiger partial charge in [-0.25, -0.2) is 9.37 Å². The molecular weight excluding hydrogens is 309 g/mol. The maximum absolute atomic E-state index is 14.9. The van der Waals surface area contributed by atoms with Crippen LogP contribution in [0.2, 0.25) is 0 Å². The van der Waals surface area contributed by atoms with Crippen LogP contribution in [0.25, 0.3) is 0 Å². The number of alkyl halides is 1. The van der Waals surface area contributed by atoms with E-state index in [1.165, 1.54) is 12.5 Å². The molecule has 7 heteroatoms. The van der Waals surface area contributed by atoms with Gasteiger partial charge in [0.05, 0.1) is 18.2 Å². The van der Waals surface area contributed by atoms with Crippen molar-refractivity contribution >= 4 is 5.91 Å². The summed E-state index contributed by atoms with van der Waals surface area (Å²) >= 11 is 0. The summed E-state index contributed by atoms with van der Waals surface area (Å²) in [4.78, 5) is 24.8. The maximum Gasteiger partial charge on any atom is 0.271 e. The van der Waals surface area contributed by atoms with Crippen LogP contribution in [0, 0.1) is 6.92 Å². The van der Waals surface area contributed by atoms with Gasteiger partial charge in [-0.15, -0.1) is 0 Å². The van der Waals surface area contributed by atoms with Crippen LogP contribution in [0.4, 0.5) is 4.39 Å². The highest BCUT2D eigenvalue weighted by Crippen LogP contribution is 2.26. The first kappa shape index (κ1) is 16.6. The SMILES string of the molecule is Cc1ccc(CNCC2(F)CCN(C(=O)c3cnc[nH]3)CC2)nc1. The molecule has 6 nitrogen and oxygen atoms in total. The molecule has 24 heavy (non-hydrogen) atoms. The molecule has 0 saturated carbocycles. The maximum atomic E-state index is 14.9. The highest BCUT2D eigenvalue weighted by atomic mass is 19.1. The van der Waals surface area contributed by atoms with Crippen molar-refractivity contribution < 1.29 is 9.18 Å². The Labute approximate surface area is 140 Å². The number of imidazole rings is 1. The minimum atomic E-state index is -1.28. The number of aryl methyl sites for hydroxylation is 1. The Morgan fingerprint density at radius 2 is 2.17 bits per heavy atom. The van der Waals surface area contributed by atoms with Gasteiger partial charge in [-0.05, 0) is 18.6 Å². The van der Waals surface area contributed by atoms with Crippen LogP contribution in [-0.4, -0.2) is 51.1 Å². The zero-order valence-corrected chi connectivity index (χ0v) is 13.8. The number of rotatable bonds is 5. The second-order valence-electron chi connectivity index (χ2n) is 6.34. The number of nitrogens with zero attached hydrogens (tertiary/aromatic N) is 3. The lowest BCUT2D eigenvalue weighted by Gasteiger charge is -2.36. The molecular formula is C17H22FN5O. The lowest BCUT2D eigenvalue weighted by atomic mass is 9.93. The fourth-order valence-corrected chi connectivity index (χ4v) is 2.85. The molecule has 0 aromatic carbocycles. The lowest BCUT2D eigenvalue weighted by molar-refractivity contribution is 0.0430. The highest BCUT2D eigenvalue weighted by molar-refractivity contribution is 5.92. The van der Waals surface area contributed by atoms with Gasteiger partial charge in [-0.3, -0.25) is 9.78 Å². The summed E-state index contributed by atoms with van der Waals surface area (Å²) in [6, 6.07) is 3.94. The zero-order chi connectivity index (χ0) is 17.0. The first-order valence-electron chi connectivity index (χ1n) is 8.15. The van der Waals surface area contributed by atoms with Gasteiger partial charge in [-0.2, -0.15) is 0 Å². The van der Waals surface area contributed by atoms with Gasteiger partial charge in [0.2, 0.25) is 0 Å². The number of nitrogens with one attached hydrogen (secondary N) is 2. The Morgan fingerprint density at radius 1 is 1.38 bits per heavy atom. The molecule has 2 N–H and O–H groups in total. The molecule has 1 amide bonds. The summed E-state index contributed by atoms with van der Waals surface area (Å²) < 4.78 is 14.9. The molecule has 1 aliphatic heterocycles. The first-order valence-corrected chi connectivity index (χ1v) is 8.15. The molecule has 3 heterocycles. The van der Waals surface area contributed by atoms with Crippen molar-refractivity contribution in [2.75, 3.05) is 19.6 Å². The van der Waals surface area contributed by atoms with Crippen LogP contribution in [0.3, 0.4) is 0 Å². The molecule has 128 valence electrons. The van der Waals surface area contributed by atoms with Crippen molar-refractivity contribution in [1.29, 1.82) is 0 Å². The third-order valence-electron chi connectivity index (χ3n) is 4.40. The summed E-state index contributed by atoms with van der Waals surface area (Å²) in [5.41, 5.74) is 1.17. The number of aromatic amines is 1. The predicted octanol–water partition coefficient (Wildman–Crippen LogP) is 1.85. The second kappa shape index (κ2) is 7.09. The van der Waals surface area contributed by atoms with E-state index in [1.54, 1.807) is 4.90 Å². The van der Waals surface area contributed by atoms with Gasteiger partial charge in [0.1, 0.15) is 11.4 Å². The van der Waals surface area contributed by atoms with Crippen LogP contribution in [-0.2, 0) is 6.54 Å². The highest BCUT2D eigenvalue weighted by Gasteiger charge is 2.36. The van der Waals surface area contributed by atoms with E-state index in [0.29, 0.717) is 38.2 Å². The molecule has 3 rings (SSSR count). The number of amides is 1. The average Bonchev–Trinajstić information content (AvgIpc) is 3.11. The molecule has 0 aliphatic carbocycles. The fourth-order valence-electron chi connectivity index (χ4n) is 2.85. The van der Waals surface area contributed by atoms with Crippen molar-refractivity contribution in [3.05, 3.63) is 47.8 Å². The van der Waals surface area contributed by atoms with Crippen LogP contribution in [0.15, 0.2) is 30.9 Å². The van der Waals surface area contributed by atoms with Crippen LogP contribution in [0.1, 0.15) is 34.6 Å². The number of H-pyrrole nitrogens is 1. The molecule has 2 aromatic heterocycles. The normalized spacial score (nSPS) is 17.0. The number of halogens is 1. The van der Waals surface area contributed by atoms with Crippen LogP contribution in [0.5, 0.6) is 0 Å². The fraction of sp³-hybridized carbons (Fsp3) is 0.471. The third kappa shape index (κ3) is 3.97. The van der Waals surface area contributed by atoms with Crippen molar-refractivity contribution in [2.45, 2.75) is 32.0 Å². The van der Waals surface area contributed by atoms with Gasteiger partial charge >= 0.3 is 0 Å². The molecule has 1 aliphatic rings. The van der Waals surface area contributed by atoms with Gasteiger partial charge in [0.15, 0.2) is 0 Å². The number of piperidine rings is 1. The lowest BCUT2D eigenvalue weighted by Crippen LogP contribution is -2.48. The molecule has 0 spiro atoms. The largest absolute Gasteiger partial charge is 0.341 e. The number of aromatic nitrogens is 3. The Kier molecular flexibility index (Phi) is 4.89. The molecule has 0 bridgehead atoms. The smallest absolute Gasteiger partial charge is 0.271 e. The van der Waals surface area contributed by atoms with Gasteiger partial charge in [0.25, 0.3) is 5.91 Å². The number of hydrogen-bond acceptors (Lipinski definition) is 4. The minimum absolute atomic E-state index is 0.119. The Bertz CT molecular complexity index is 663. The minimum Gasteiger partial charge on any atom is -0.341 e.